The quantitative estimate of drug-likeness (QED) is 0.509. The number of hydrogen-bond acceptors (Lipinski definition) is 7. The molecular formula is C22H23N7O. The first-order valence-corrected chi connectivity index (χ1v) is 10.0. The number of hydrogen-bond donors (Lipinski definition) is 0. The zero-order valence-electron chi connectivity index (χ0n) is 16.8. The van der Waals surface area contributed by atoms with E-state index in [9.17, 15) is 0 Å². The van der Waals surface area contributed by atoms with Crippen LogP contribution in [-0.2, 0) is 6.54 Å². The van der Waals surface area contributed by atoms with Crippen molar-refractivity contribution in [1.29, 1.82) is 0 Å². The third-order valence-corrected chi connectivity index (χ3v) is 5.49. The Hall–Kier alpha value is -3.68. The summed E-state index contributed by atoms with van der Waals surface area (Å²) < 4.78 is 7.16. The Kier molecular flexibility index (Phi) is 4.88. The van der Waals surface area contributed by atoms with E-state index in [1.165, 1.54) is 0 Å². The molecule has 0 aliphatic carbocycles. The SMILES string of the molecule is COc1ccc(Cn2ncc3c(N4CCN(c5cccnc5)CC4)ncnc32)cc1. The van der Waals surface area contributed by atoms with Crippen molar-refractivity contribution in [2.45, 2.75) is 6.54 Å². The molecule has 3 aromatic heterocycles. The molecule has 1 saturated heterocycles. The van der Waals surface area contributed by atoms with Crippen LogP contribution in [-0.4, -0.2) is 58.0 Å². The number of piperazine rings is 1. The van der Waals surface area contributed by atoms with Gasteiger partial charge < -0.3 is 14.5 Å². The van der Waals surface area contributed by atoms with Crippen molar-refractivity contribution in [3.05, 3.63) is 66.9 Å². The van der Waals surface area contributed by atoms with Crippen LogP contribution in [0.1, 0.15) is 5.56 Å². The zero-order valence-corrected chi connectivity index (χ0v) is 16.8. The maximum atomic E-state index is 5.24. The lowest BCUT2D eigenvalue weighted by atomic mass is 10.2. The number of nitrogens with zero attached hydrogens (tertiary/aromatic N) is 7. The Balaban J connectivity index is 1.35. The maximum Gasteiger partial charge on any atom is 0.163 e. The van der Waals surface area contributed by atoms with Gasteiger partial charge in [-0.25, -0.2) is 14.6 Å². The summed E-state index contributed by atoms with van der Waals surface area (Å²) in [4.78, 5) is 18.0. The van der Waals surface area contributed by atoms with E-state index in [0.29, 0.717) is 6.54 Å². The van der Waals surface area contributed by atoms with Gasteiger partial charge in [0.25, 0.3) is 0 Å². The van der Waals surface area contributed by atoms with Gasteiger partial charge >= 0.3 is 0 Å². The topological polar surface area (TPSA) is 72.2 Å². The molecule has 0 bridgehead atoms. The third-order valence-electron chi connectivity index (χ3n) is 5.49. The molecule has 0 spiro atoms. The van der Waals surface area contributed by atoms with E-state index in [1.807, 2.05) is 47.4 Å². The lowest BCUT2D eigenvalue weighted by Gasteiger charge is -2.36. The minimum atomic E-state index is 0.652. The molecule has 4 aromatic rings. The molecule has 8 nitrogen and oxygen atoms in total. The van der Waals surface area contributed by atoms with Crippen LogP contribution < -0.4 is 14.5 Å². The van der Waals surface area contributed by atoms with E-state index in [4.69, 9.17) is 4.74 Å². The van der Waals surface area contributed by atoms with Gasteiger partial charge in [-0.2, -0.15) is 5.10 Å². The van der Waals surface area contributed by atoms with Crippen molar-refractivity contribution in [3.63, 3.8) is 0 Å². The smallest absolute Gasteiger partial charge is 0.163 e. The van der Waals surface area contributed by atoms with Gasteiger partial charge in [0.15, 0.2) is 5.65 Å². The third kappa shape index (κ3) is 3.52. The highest BCUT2D eigenvalue weighted by atomic mass is 16.5. The van der Waals surface area contributed by atoms with Crippen LogP contribution >= 0.6 is 0 Å². The molecule has 0 atom stereocenters. The lowest BCUT2D eigenvalue weighted by Crippen LogP contribution is -2.46. The van der Waals surface area contributed by atoms with Crippen molar-refractivity contribution in [3.8, 4) is 5.75 Å². The Labute approximate surface area is 174 Å². The summed E-state index contributed by atoms with van der Waals surface area (Å²) in [7, 11) is 1.67. The molecule has 1 aliphatic heterocycles. The molecule has 5 rings (SSSR count). The van der Waals surface area contributed by atoms with E-state index in [-0.39, 0.29) is 0 Å². The number of pyridine rings is 1. The highest BCUT2D eigenvalue weighted by Gasteiger charge is 2.21. The van der Waals surface area contributed by atoms with Crippen LogP contribution in [0.3, 0.4) is 0 Å². The van der Waals surface area contributed by atoms with Gasteiger partial charge in [0.05, 0.1) is 37.1 Å². The summed E-state index contributed by atoms with van der Waals surface area (Å²) in [6.45, 7) is 4.29. The van der Waals surface area contributed by atoms with Crippen LogP contribution in [0.2, 0.25) is 0 Å². The lowest BCUT2D eigenvalue weighted by molar-refractivity contribution is 0.414. The standard InChI is InChI=1S/C22H23N7O/c1-30-19-6-4-17(5-7-19)15-29-22-20(14-26-29)21(24-16-25-22)28-11-9-27(10-12-28)18-3-2-8-23-13-18/h2-8,13-14,16H,9-12,15H2,1H3. The average Bonchev–Trinajstić information content (AvgIpc) is 3.23. The van der Waals surface area contributed by atoms with E-state index >= 15 is 0 Å². The first kappa shape index (κ1) is 18.4. The van der Waals surface area contributed by atoms with Gasteiger partial charge in [-0.1, -0.05) is 12.1 Å². The van der Waals surface area contributed by atoms with E-state index in [1.54, 1.807) is 19.6 Å². The fraction of sp³-hybridized carbons (Fsp3) is 0.273. The summed E-state index contributed by atoms with van der Waals surface area (Å²) in [6.07, 6.45) is 7.24. The second-order valence-corrected chi connectivity index (χ2v) is 7.27. The van der Waals surface area contributed by atoms with Crippen molar-refractivity contribution < 1.29 is 4.74 Å². The number of benzene rings is 1. The normalized spacial score (nSPS) is 14.3. The molecule has 0 amide bonds. The highest BCUT2D eigenvalue weighted by Crippen LogP contribution is 2.25. The van der Waals surface area contributed by atoms with Gasteiger partial charge in [0.1, 0.15) is 17.9 Å². The summed E-state index contributed by atoms with van der Waals surface area (Å²) in [5.74, 6) is 1.80. The van der Waals surface area contributed by atoms with Gasteiger partial charge in [-0.15, -0.1) is 0 Å². The van der Waals surface area contributed by atoms with Crippen molar-refractivity contribution in [2.24, 2.45) is 0 Å². The predicted octanol–water partition coefficient (Wildman–Crippen LogP) is 2.60. The molecular weight excluding hydrogens is 378 g/mol. The Morgan fingerprint density at radius 3 is 2.47 bits per heavy atom. The average molecular weight is 401 g/mol. The largest absolute Gasteiger partial charge is 0.497 e. The van der Waals surface area contributed by atoms with Crippen LogP contribution in [0.5, 0.6) is 5.75 Å². The highest BCUT2D eigenvalue weighted by molar-refractivity contribution is 5.86. The molecule has 4 heterocycles. The van der Waals surface area contributed by atoms with Crippen molar-refractivity contribution >= 4 is 22.5 Å². The van der Waals surface area contributed by atoms with E-state index in [2.05, 4.69) is 35.9 Å². The second-order valence-electron chi connectivity index (χ2n) is 7.27. The molecule has 1 aromatic carbocycles. The first-order chi connectivity index (χ1) is 14.8. The zero-order chi connectivity index (χ0) is 20.3. The van der Waals surface area contributed by atoms with E-state index < -0.39 is 0 Å². The number of fused-ring (bicyclic) bond motifs is 1. The minimum absolute atomic E-state index is 0.652. The van der Waals surface area contributed by atoms with Gasteiger partial charge in [-0.05, 0) is 29.8 Å². The Morgan fingerprint density at radius 2 is 1.73 bits per heavy atom. The van der Waals surface area contributed by atoms with Gasteiger partial charge in [0, 0.05) is 32.4 Å². The molecule has 8 heteroatoms. The molecule has 1 fully saturated rings. The van der Waals surface area contributed by atoms with Crippen LogP contribution in [0.4, 0.5) is 11.5 Å². The number of aromatic nitrogens is 5. The monoisotopic (exact) mass is 401 g/mol. The molecule has 0 radical (unpaired) electrons. The molecule has 152 valence electrons. The van der Waals surface area contributed by atoms with Gasteiger partial charge in [0.2, 0.25) is 0 Å². The Bertz CT molecular complexity index is 1120. The van der Waals surface area contributed by atoms with Crippen LogP contribution in [0.25, 0.3) is 11.0 Å². The second kappa shape index (κ2) is 7.98. The first-order valence-electron chi connectivity index (χ1n) is 10.0. The maximum absolute atomic E-state index is 5.24. The van der Waals surface area contributed by atoms with Crippen molar-refractivity contribution in [2.75, 3.05) is 43.1 Å². The molecule has 0 N–H and O–H groups in total. The van der Waals surface area contributed by atoms with Crippen molar-refractivity contribution in [1.82, 2.24) is 24.7 Å². The van der Waals surface area contributed by atoms with E-state index in [0.717, 1.165) is 60.0 Å². The van der Waals surface area contributed by atoms with Crippen LogP contribution in [0, 0.1) is 0 Å². The summed E-state index contributed by atoms with van der Waals surface area (Å²) >= 11 is 0. The summed E-state index contributed by atoms with van der Waals surface area (Å²) in [5.41, 5.74) is 3.16. The predicted molar refractivity (Wildman–Crippen MR) is 116 cm³/mol. The minimum Gasteiger partial charge on any atom is -0.497 e. The number of methoxy groups -OCH3 is 1. The number of ether oxygens (including phenoxy) is 1. The molecule has 0 unspecified atom stereocenters. The summed E-state index contributed by atoms with van der Waals surface area (Å²) in [5, 5.41) is 5.58. The molecule has 30 heavy (non-hydrogen) atoms. The molecule has 1 aliphatic rings. The molecule has 0 saturated carbocycles. The number of anilines is 2. The number of rotatable bonds is 5. The fourth-order valence-corrected chi connectivity index (χ4v) is 3.87. The summed E-state index contributed by atoms with van der Waals surface area (Å²) in [6, 6.07) is 12.1. The Morgan fingerprint density at radius 1 is 0.933 bits per heavy atom. The fourth-order valence-electron chi connectivity index (χ4n) is 3.87. The van der Waals surface area contributed by atoms with Crippen LogP contribution in [0.15, 0.2) is 61.3 Å². The van der Waals surface area contributed by atoms with Gasteiger partial charge in [-0.3, -0.25) is 4.98 Å².